The van der Waals surface area contributed by atoms with Crippen LogP contribution in [0.3, 0.4) is 0 Å². The van der Waals surface area contributed by atoms with Gasteiger partial charge in [0.1, 0.15) is 0 Å². The lowest BCUT2D eigenvalue weighted by Gasteiger charge is -2.26. The van der Waals surface area contributed by atoms with Crippen molar-refractivity contribution in [2.45, 2.75) is 39.3 Å². The molecule has 4 heteroatoms. The summed E-state index contributed by atoms with van der Waals surface area (Å²) >= 11 is 5.41. The lowest BCUT2D eigenvalue weighted by atomic mass is 10.0. The van der Waals surface area contributed by atoms with Gasteiger partial charge in [-0.3, -0.25) is 0 Å². The van der Waals surface area contributed by atoms with Crippen molar-refractivity contribution in [3.63, 3.8) is 0 Å². The van der Waals surface area contributed by atoms with Crippen molar-refractivity contribution >= 4 is 33.0 Å². The van der Waals surface area contributed by atoms with Gasteiger partial charge in [0.15, 0.2) is 0 Å². The fraction of sp³-hybridized carbons (Fsp3) is 0.412. The molecule has 0 aliphatic rings. The first-order valence-corrected chi connectivity index (χ1v) is 9.12. The molecule has 1 aromatic carbocycles. The van der Waals surface area contributed by atoms with Crippen molar-refractivity contribution in [3.8, 4) is 0 Å². The number of nitrogens with two attached hydrogens (primary N) is 1. The smallest absolute Gasteiger partial charge is 0.0522 e. The molecular weight excluding hydrogens is 344 g/mol. The first kappa shape index (κ1) is 16.5. The van der Waals surface area contributed by atoms with E-state index >= 15 is 0 Å². The monoisotopic (exact) mass is 366 g/mol. The number of hydrogen-bond acceptors (Lipinski definition) is 3. The zero-order chi connectivity index (χ0) is 15.2. The number of hydrogen-bond donors (Lipinski definition) is 1. The van der Waals surface area contributed by atoms with Crippen LogP contribution < -0.4 is 10.6 Å². The molecule has 21 heavy (non-hydrogen) atoms. The molecule has 2 nitrogen and oxygen atoms in total. The molecule has 0 fully saturated rings. The summed E-state index contributed by atoms with van der Waals surface area (Å²) in [6, 6.07) is 11.1. The van der Waals surface area contributed by atoms with Crippen LogP contribution in [0.4, 0.5) is 5.69 Å². The number of anilines is 1. The summed E-state index contributed by atoms with van der Waals surface area (Å²) in [5, 5.41) is 2.14. The zero-order valence-corrected chi connectivity index (χ0v) is 15.1. The Balaban J connectivity index is 2.27. The van der Waals surface area contributed by atoms with Gasteiger partial charge in [-0.1, -0.05) is 35.0 Å². The minimum Gasteiger partial charge on any atom is -0.366 e. The Labute approximate surface area is 140 Å². The van der Waals surface area contributed by atoms with Gasteiger partial charge in [-0.25, -0.2) is 0 Å². The van der Waals surface area contributed by atoms with Crippen molar-refractivity contribution in [3.05, 3.63) is 50.6 Å². The molecule has 0 saturated heterocycles. The third-order valence-electron chi connectivity index (χ3n) is 3.70. The summed E-state index contributed by atoms with van der Waals surface area (Å²) in [5.74, 6) is 0. The molecule has 2 aromatic rings. The molecule has 2 rings (SSSR count). The van der Waals surface area contributed by atoms with E-state index in [0.717, 1.165) is 30.4 Å². The van der Waals surface area contributed by atoms with Crippen LogP contribution in [-0.4, -0.2) is 12.6 Å². The Kier molecular flexibility index (Phi) is 6.27. The molecular formula is C17H23BrN2S. The molecule has 0 radical (unpaired) electrons. The average Bonchev–Trinajstić information content (AvgIpc) is 2.99. The maximum Gasteiger partial charge on any atom is 0.0522 e. The van der Waals surface area contributed by atoms with Crippen LogP contribution >= 0.6 is 27.3 Å². The standard InChI is InChI=1S/C17H23BrN2S/c1-3-15(19)10-13-7-8-14(18)11-17(13)20(4-2)12-16-6-5-9-21-16/h5-9,11,15H,3-4,10,12,19H2,1-2H3. The summed E-state index contributed by atoms with van der Waals surface area (Å²) in [4.78, 5) is 3.82. The molecule has 0 amide bonds. The Hall–Kier alpha value is -0.840. The molecule has 1 atom stereocenters. The first-order chi connectivity index (χ1) is 10.1. The molecule has 0 bridgehead atoms. The van der Waals surface area contributed by atoms with Gasteiger partial charge in [-0.15, -0.1) is 11.3 Å². The summed E-state index contributed by atoms with van der Waals surface area (Å²) in [7, 11) is 0. The Bertz CT molecular complexity index is 554. The van der Waals surface area contributed by atoms with E-state index in [1.54, 1.807) is 0 Å². The third kappa shape index (κ3) is 4.56. The Morgan fingerprint density at radius 3 is 2.71 bits per heavy atom. The summed E-state index contributed by atoms with van der Waals surface area (Å²) in [6.45, 7) is 6.30. The van der Waals surface area contributed by atoms with Crippen LogP contribution in [0.2, 0.25) is 0 Å². The van der Waals surface area contributed by atoms with Gasteiger partial charge in [-0.05, 0) is 48.9 Å². The highest BCUT2D eigenvalue weighted by Gasteiger charge is 2.13. The first-order valence-electron chi connectivity index (χ1n) is 7.45. The number of halogens is 1. The van der Waals surface area contributed by atoms with Crippen LogP contribution in [0, 0.1) is 0 Å². The highest BCUT2D eigenvalue weighted by molar-refractivity contribution is 9.10. The molecule has 2 N–H and O–H groups in total. The average molecular weight is 367 g/mol. The molecule has 0 saturated carbocycles. The van der Waals surface area contributed by atoms with E-state index in [-0.39, 0.29) is 6.04 Å². The van der Waals surface area contributed by atoms with E-state index in [1.807, 2.05) is 11.3 Å². The van der Waals surface area contributed by atoms with E-state index in [1.165, 1.54) is 16.1 Å². The topological polar surface area (TPSA) is 29.3 Å². The summed E-state index contributed by atoms with van der Waals surface area (Å²) in [6.07, 6.45) is 1.94. The minimum atomic E-state index is 0.227. The molecule has 0 aliphatic carbocycles. The van der Waals surface area contributed by atoms with Gasteiger partial charge in [0.2, 0.25) is 0 Å². The van der Waals surface area contributed by atoms with Crippen LogP contribution in [0.15, 0.2) is 40.2 Å². The molecule has 1 unspecified atom stereocenters. The molecule has 114 valence electrons. The normalized spacial score (nSPS) is 12.4. The van der Waals surface area contributed by atoms with Crippen molar-refractivity contribution in [1.82, 2.24) is 0 Å². The fourth-order valence-electron chi connectivity index (χ4n) is 2.39. The van der Waals surface area contributed by atoms with Gasteiger partial charge in [-0.2, -0.15) is 0 Å². The van der Waals surface area contributed by atoms with Gasteiger partial charge in [0.05, 0.1) is 6.54 Å². The highest BCUT2D eigenvalue weighted by atomic mass is 79.9. The molecule has 1 heterocycles. The molecule has 0 aliphatic heterocycles. The second-order valence-corrected chi connectivity index (χ2v) is 7.19. The second kappa shape index (κ2) is 7.97. The van der Waals surface area contributed by atoms with Crippen LogP contribution in [0.5, 0.6) is 0 Å². The van der Waals surface area contributed by atoms with Gasteiger partial charge < -0.3 is 10.6 Å². The van der Waals surface area contributed by atoms with E-state index in [4.69, 9.17) is 5.73 Å². The quantitative estimate of drug-likeness (QED) is 0.760. The van der Waals surface area contributed by atoms with Crippen molar-refractivity contribution in [2.75, 3.05) is 11.4 Å². The largest absolute Gasteiger partial charge is 0.366 e. The lowest BCUT2D eigenvalue weighted by molar-refractivity contribution is 0.644. The number of thiophene rings is 1. The lowest BCUT2D eigenvalue weighted by Crippen LogP contribution is -2.26. The fourth-order valence-corrected chi connectivity index (χ4v) is 3.46. The van der Waals surface area contributed by atoms with Gasteiger partial charge in [0, 0.05) is 27.6 Å². The highest BCUT2D eigenvalue weighted by Crippen LogP contribution is 2.28. The van der Waals surface area contributed by atoms with Crippen LogP contribution in [-0.2, 0) is 13.0 Å². The molecule has 1 aromatic heterocycles. The molecule has 0 spiro atoms. The predicted molar refractivity (Wildman–Crippen MR) is 97.2 cm³/mol. The van der Waals surface area contributed by atoms with Crippen molar-refractivity contribution in [2.24, 2.45) is 5.73 Å². The van der Waals surface area contributed by atoms with Crippen molar-refractivity contribution < 1.29 is 0 Å². The van der Waals surface area contributed by atoms with Crippen LogP contribution in [0.1, 0.15) is 30.7 Å². The Morgan fingerprint density at radius 1 is 1.29 bits per heavy atom. The zero-order valence-electron chi connectivity index (χ0n) is 12.7. The third-order valence-corrected chi connectivity index (χ3v) is 5.06. The SMILES string of the molecule is CCC(N)Cc1ccc(Br)cc1N(CC)Cc1cccs1. The van der Waals surface area contributed by atoms with Gasteiger partial charge in [0.25, 0.3) is 0 Å². The van der Waals surface area contributed by atoms with E-state index in [0.29, 0.717) is 0 Å². The predicted octanol–water partition coefficient (Wildman–Crippen LogP) is 4.82. The second-order valence-electron chi connectivity index (χ2n) is 5.24. The van der Waals surface area contributed by atoms with E-state index in [9.17, 15) is 0 Å². The van der Waals surface area contributed by atoms with Crippen molar-refractivity contribution in [1.29, 1.82) is 0 Å². The van der Waals surface area contributed by atoms with Gasteiger partial charge >= 0.3 is 0 Å². The summed E-state index contributed by atoms with van der Waals surface area (Å²) in [5.41, 5.74) is 8.80. The number of nitrogens with zero attached hydrogens (tertiary/aromatic N) is 1. The maximum atomic E-state index is 6.16. The van der Waals surface area contributed by atoms with E-state index < -0.39 is 0 Å². The number of rotatable bonds is 7. The van der Waals surface area contributed by atoms with Crippen LogP contribution in [0.25, 0.3) is 0 Å². The Morgan fingerprint density at radius 2 is 2.10 bits per heavy atom. The summed E-state index contributed by atoms with van der Waals surface area (Å²) < 4.78 is 1.12. The maximum absolute atomic E-state index is 6.16. The van der Waals surface area contributed by atoms with E-state index in [2.05, 4.69) is 70.4 Å². The minimum absolute atomic E-state index is 0.227. The number of benzene rings is 1.